The minimum atomic E-state index is -1.32. The molecule has 0 aromatic carbocycles. The number of anilines is 1. The van der Waals surface area contributed by atoms with Crippen molar-refractivity contribution in [3.8, 4) is 0 Å². The van der Waals surface area contributed by atoms with Crippen LogP contribution in [0.2, 0.25) is 0 Å². The molecule has 1 aromatic heterocycles. The minimum Gasteiger partial charge on any atom is -0.506 e. The Hall–Kier alpha value is -2.34. The topological polar surface area (TPSA) is 82.9 Å². The van der Waals surface area contributed by atoms with Crippen molar-refractivity contribution < 1.29 is 19.7 Å². The second-order valence-corrected chi connectivity index (χ2v) is 4.17. The first-order valence-electron chi connectivity index (χ1n) is 6.23. The van der Waals surface area contributed by atoms with Gasteiger partial charge in [-0.3, -0.25) is 0 Å². The molecule has 6 heteroatoms. The minimum absolute atomic E-state index is 0.156. The molecule has 0 fully saturated rings. The Bertz CT molecular complexity index is 568. The fraction of sp³-hybridized carbons (Fsp3) is 0.286. The molecule has 2 heterocycles. The fourth-order valence-electron chi connectivity index (χ4n) is 2.09. The van der Waals surface area contributed by atoms with Gasteiger partial charge < -0.3 is 19.8 Å². The zero-order valence-electron chi connectivity index (χ0n) is 11.1. The summed E-state index contributed by atoms with van der Waals surface area (Å²) in [7, 11) is 0. The summed E-state index contributed by atoms with van der Waals surface area (Å²) in [6.07, 6.45) is 1.80. The van der Waals surface area contributed by atoms with Gasteiger partial charge in [-0.15, -0.1) is 6.58 Å². The maximum atomic E-state index is 11.9. The van der Waals surface area contributed by atoms with Crippen LogP contribution in [0.4, 0.5) is 5.82 Å². The Labute approximate surface area is 116 Å². The van der Waals surface area contributed by atoms with Gasteiger partial charge in [0.05, 0.1) is 12.2 Å². The number of esters is 1. The van der Waals surface area contributed by atoms with Crippen molar-refractivity contribution >= 4 is 17.5 Å². The maximum Gasteiger partial charge on any atom is 0.342 e. The molecule has 1 unspecified atom stereocenters. The van der Waals surface area contributed by atoms with Crippen LogP contribution in [0.1, 0.15) is 12.5 Å². The number of pyridine rings is 1. The molecular formula is C14H16N2O4. The first-order chi connectivity index (χ1) is 9.61. The van der Waals surface area contributed by atoms with Crippen LogP contribution in [0, 0.1) is 0 Å². The van der Waals surface area contributed by atoms with E-state index in [0.717, 1.165) is 0 Å². The first-order valence-corrected chi connectivity index (χ1v) is 6.23. The summed E-state index contributed by atoms with van der Waals surface area (Å²) in [6.45, 7) is 5.70. The highest BCUT2D eigenvalue weighted by Gasteiger charge is 2.36. The monoisotopic (exact) mass is 276 g/mol. The number of hydrogen-bond acceptors (Lipinski definition) is 6. The number of aromatic nitrogens is 1. The molecule has 106 valence electrons. The number of ether oxygens (including phenoxy) is 1. The molecule has 0 saturated heterocycles. The van der Waals surface area contributed by atoms with Gasteiger partial charge in [0.1, 0.15) is 17.2 Å². The normalized spacial score (nSPS) is 17.7. The van der Waals surface area contributed by atoms with E-state index in [1.54, 1.807) is 31.3 Å². The second-order valence-electron chi connectivity index (χ2n) is 4.17. The predicted octanol–water partition coefficient (Wildman–Crippen LogP) is 1.24. The molecule has 0 radical (unpaired) electrons. The van der Waals surface area contributed by atoms with Crippen LogP contribution in [0.5, 0.6) is 0 Å². The Balaban J connectivity index is 2.56. The smallest absolute Gasteiger partial charge is 0.342 e. The van der Waals surface area contributed by atoms with Crippen LogP contribution in [-0.2, 0) is 9.53 Å². The molecule has 20 heavy (non-hydrogen) atoms. The first kappa shape index (κ1) is 14.1. The van der Waals surface area contributed by atoms with Crippen LogP contribution < -0.4 is 4.90 Å². The van der Waals surface area contributed by atoms with Gasteiger partial charge in [0, 0.05) is 12.7 Å². The summed E-state index contributed by atoms with van der Waals surface area (Å²) in [6, 6.07) is 3.26. The Kier molecular flexibility index (Phi) is 4.05. The van der Waals surface area contributed by atoms with Gasteiger partial charge in [0.2, 0.25) is 0 Å². The van der Waals surface area contributed by atoms with Gasteiger partial charge in [-0.2, -0.15) is 0 Å². The van der Waals surface area contributed by atoms with Gasteiger partial charge in [0.15, 0.2) is 6.23 Å². The zero-order chi connectivity index (χ0) is 14.7. The average molecular weight is 276 g/mol. The lowest BCUT2D eigenvalue weighted by Crippen LogP contribution is -2.43. The molecule has 1 atom stereocenters. The average Bonchev–Trinajstić information content (AvgIpc) is 2.44. The highest BCUT2D eigenvalue weighted by atomic mass is 16.5. The molecule has 1 aliphatic rings. The van der Waals surface area contributed by atoms with Crippen molar-refractivity contribution in [1.82, 2.24) is 4.98 Å². The summed E-state index contributed by atoms with van der Waals surface area (Å²) in [5.74, 6) is -0.661. The summed E-state index contributed by atoms with van der Waals surface area (Å²) in [5.41, 5.74) is 0.192. The molecule has 0 spiro atoms. The van der Waals surface area contributed by atoms with Gasteiger partial charge in [0.25, 0.3) is 0 Å². The number of carbonyl (C=O) groups is 1. The summed E-state index contributed by atoms with van der Waals surface area (Å²) in [4.78, 5) is 17.5. The third-order valence-electron chi connectivity index (χ3n) is 2.94. The molecule has 1 aliphatic heterocycles. The van der Waals surface area contributed by atoms with Gasteiger partial charge >= 0.3 is 5.97 Å². The third-order valence-corrected chi connectivity index (χ3v) is 2.94. The van der Waals surface area contributed by atoms with E-state index in [9.17, 15) is 15.0 Å². The number of fused-ring (bicyclic) bond motifs is 1. The summed E-state index contributed by atoms with van der Waals surface area (Å²) in [5, 5.41) is 20.5. The highest BCUT2D eigenvalue weighted by Crippen LogP contribution is 2.34. The van der Waals surface area contributed by atoms with E-state index in [1.807, 2.05) is 0 Å². The number of rotatable bonds is 4. The van der Waals surface area contributed by atoms with E-state index in [2.05, 4.69) is 11.6 Å². The molecule has 0 saturated carbocycles. The van der Waals surface area contributed by atoms with Crippen LogP contribution in [0.3, 0.4) is 0 Å². The lowest BCUT2D eigenvalue weighted by atomic mass is 10.0. The van der Waals surface area contributed by atoms with Gasteiger partial charge in [-0.25, -0.2) is 9.78 Å². The lowest BCUT2D eigenvalue weighted by molar-refractivity contribution is -0.139. The maximum absolute atomic E-state index is 11.9. The molecule has 0 bridgehead atoms. The Morgan fingerprint density at radius 3 is 3.05 bits per heavy atom. The van der Waals surface area contributed by atoms with Crippen LogP contribution in [0.25, 0.3) is 5.76 Å². The highest BCUT2D eigenvalue weighted by molar-refractivity contribution is 6.00. The quantitative estimate of drug-likeness (QED) is 0.636. The fourth-order valence-corrected chi connectivity index (χ4v) is 2.09. The molecule has 0 amide bonds. The van der Waals surface area contributed by atoms with Crippen molar-refractivity contribution in [2.24, 2.45) is 0 Å². The zero-order valence-corrected chi connectivity index (χ0v) is 11.1. The number of aliphatic hydroxyl groups is 2. The van der Waals surface area contributed by atoms with Crippen molar-refractivity contribution in [1.29, 1.82) is 0 Å². The van der Waals surface area contributed by atoms with E-state index in [-0.39, 0.29) is 24.5 Å². The third kappa shape index (κ3) is 2.25. The molecule has 2 rings (SSSR count). The number of carbonyl (C=O) groups excluding carboxylic acids is 1. The largest absolute Gasteiger partial charge is 0.506 e. The van der Waals surface area contributed by atoms with Crippen LogP contribution in [-0.4, -0.2) is 40.5 Å². The molecular weight excluding hydrogens is 260 g/mol. The standard InChI is InChI=1S/C14H16N2O4/c1-3-8-16-12-9(6-5-7-15-12)11(17)10(13(16)18)14(19)20-4-2/h3,5-7,13,17-18H,1,4,8H2,2H3. The molecule has 2 N–H and O–H groups in total. The van der Waals surface area contributed by atoms with E-state index < -0.39 is 12.2 Å². The summed E-state index contributed by atoms with van der Waals surface area (Å²) < 4.78 is 4.87. The van der Waals surface area contributed by atoms with E-state index in [0.29, 0.717) is 11.4 Å². The molecule has 6 nitrogen and oxygen atoms in total. The van der Waals surface area contributed by atoms with Crippen molar-refractivity contribution in [3.05, 3.63) is 42.1 Å². The number of aliphatic hydroxyl groups excluding tert-OH is 2. The van der Waals surface area contributed by atoms with E-state index in [1.165, 1.54) is 4.90 Å². The number of nitrogens with zero attached hydrogens (tertiary/aromatic N) is 2. The van der Waals surface area contributed by atoms with Crippen molar-refractivity contribution in [2.45, 2.75) is 13.2 Å². The van der Waals surface area contributed by atoms with Gasteiger partial charge in [-0.05, 0) is 19.1 Å². The molecule has 0 aliphatic carbocycles. The SMILES string of the molecule is C=CCN1c2ncccc2C(O)=C(C(=O)OCC)C1O. The Morgan fingerprint density at radius 2 is 2.40 bits per heavy atom. The lowest BCUT2D eigenvalue weighted by Gasteiger charge is -2.34. The van der Waals surface area contributed by atoms with E-state index >= 15 is 0 Å². The van der Waals surface area contributed by atoms with E-state index in [4.69, 9.17) is 4.74 Å². The van der Waals surface area contributed by atoms with Crippen molar-refractivity contribution in [3.63, 3.8) is 0 Å². The van der Waals surface area contributed by atoms with Crippen LogP contribution in [0.15, 0.2) is 36.6 Å². The molecule has 1 aromatic rings. The van der Waals surface area contributed by atoms with Gasteiger partial charge in [-0.1, -0.05) is 6.08 Å². The predicted molar refractivity (Wildman–Crippen MR) is 74.0 cm³/mol. The van der Waals surface area contributed by atoms with Crippen LogP contribution >= 0.6 is 0 Å². The Morgan fingerprint density at radius 1 is 1.65 bits per heavy atom. The summed E-state index contributed by atoms with van der Waals surface area (Å²) >= 11 is 0. The number of hydrogen-bond donors (Lipinski definition) is 2. The van der Waals surface area contributed by atoms with Crippen molar-refractivity contribution in [2.75, 3.05) is 18.1 Å². The second kappa shape index (κ2) is 5.75.